The molecule has 1 N–H and O–H groups in total. The fraction of sp³-hybridized carbons (Fsp3) is 0.412. The van der Waals surface area contributed by atoms with Gasteiger partial charge in [-0.2, -0.15) is 4.31 Å². The maximum Gasteiger partial charge on any atom is 0.246 e. The van der Waals surface area contributed by atoms with Crippen LogP contribution in [0.3, 0.4) is 0 Å². The van der Waals surface area contributed by atoms with E-state index in [0.29, 0.717) is 24.8 Å². The van der Waals surface area contributed by atoms with Crippen molar-refractivity contribution in [2.45, 2.75) is 17.7 Å². The second kappa shape index (κ2) is 7.38. The average Bonchev–Trinajstić information content (AvgIpc) is 2.63. The highest BCUT2D eigenvalue weighted by molar-refractivity contribution is 7.89. The highest BCUT2D eigenvalue weighted by atomic mass is 32.2. The Hall–Kier alpha value is -1.83. The van der Waals surface area contributed by atoms with Crippen molar-refractivity contribution in [1.29, 1.82) is 0 Å². The van der Waals surface area contributed by atoms with Crippen molar-refractivity contribution < 1.29 is 8.42 Å². The molecule has 1 aromatic carbocycles. The number of rotatable bonds is 5. The van der Waals surface area contributed by atoms with Gasteiger partial charge >= 0.3 is 0 Å². The van der Waals surface area contributed by atoms with Crippen molar-refractivity contribution >= 4 is 10.0 Å². The topological polar surface area (TPSA) is 75.2 Å². The summed E-state index contributed by atoms with van der Waals surface area (Å²) in [5.74, 6) is 1.07. The summed E-state index contributed by atoms with van der Waals surface area (Å²) in [7, 11) is -1.59. The molecule has 7 heteroatoms. The molecule has 2 heterocycles. The normalized spacial score (nSPS) is 17.0. The summed E-state index contributed by atoms with van der Waals surface area (Å²) in [6.07, 6.45) is 4.57. The molecule has 0 aliphatic carbocycles. The van der Waals surface area contributed by atoms with E-state index in [1.165, 1.54) is 12.4 Å². The maximum atomic E-state index is 12.7. The van der Waals surface area contributed by atoms with Gasteiger partial charge in [0.05, 0.1) is 12.4 Å². The number of nitrogens with one attached hydrogen (secondary N) is 1. The second-order valence-corrected chi connectivity index (χ2v) is 7.95. The smallest absolute Gasteiger partial charge is 0.246 e. The Morgan fingerprint density at radius 2 is 1.75 bits per heavy atom. The van der Waals surface area contributed by atoms with Crippen LogP contribution in [0.5, 0.6) is 0 Å². The van der Waals surface area contributed by atoms with Crippen molar-refractivity contribution in [2.75, 3.05) is 26.7 Å². The van der Waals surface area contributed by atoms with Gasteiger partial charge in [-0.15, -0.1) is 0 Å². The SMILES string of the molecule is CNCC1CCN(S(=O)(=O)c2cnc(-c3ccccc3)nc2)CC1. The molecule has 3 rings (SSSR count). The van der Waals surface area contributed by atoms with Crippen LogP contribution in [0.15, 0.2) is 47.6 Å². The summed E-state index contributed by atoms with van der Waals surface area (Å²) in [5.41, 5.74) is 0.870. The fourth-order valence-electron chi connectivity index (χ4n) is 2.98. The van der Waals surface area contributed by atoms with Gasteiger partial charge in [0, 0.05) is 18.7 Å². The third-order valence-electron chi connectivity index (χ3n) is 4.36. The van der Waals surface area contributed by atoms with E-state index < -0.39 is 10.0 Å². The first-order chi connectivity index (χ1) is 11.6. The predicted molar refractivity (Wildman–Crippen MR) is 92.9 cm³/mol. The lowest BCUT2D eigenvalue weighted by atomic mass is 9.98. The first-order valence-electron chi connectivity index (χ1n) is 8.13. The van der Waals surface area contributed by atoms with Crippen LogP contribution in [-0.4, -0.2) is 49.4 Å². The third-order valence-corrected chi connectivity index (χ3v) is 6.22. The Bertz CT molecular complexity index is 755. The van der Waals surface area contributed by atoms with Crippen molar-refractivity contribution in [3.05, 3.63) is 42.7 Å². The second-order valence-electron chi connectivity index (χ2n) is 6.01. The van der Waals surface area contributed by atoms with Crippen LogP contribution < -0.4 is 5.32 Å². The molecule has 2 aromatic rings. The molecule has 0 saturated carbocycles. The van der Waals surface area contributed by atoms with Crippen LogP contribution in [0, 0.1) is 5.92 Å². The van der Waals surface area contributed by atoms with E-state index >= 15 is 0 Å². The maximum absolute atomic E-state index is 12.7. The Morgan fingerprint density at radius 1 is 1.12 bits per heavy atom. The minimum Gasteiger partial charge on any atom is -0.319 e. The van der Waals surface area contributed by atoms with E-state index in [1.54, 1.807) is 4.31 Å². The van der Waals surface area contributed by atoms with Gasteiger partial charge in [-0.25, -0.2) is 18.4 Å². The molecule has 0 atom stereocenters. The van der Waals surface area contributed by atoms with Crippen molar-refractivity contribution in [3.8, 4) is 11.4 Å². The zero-order valence-electron chi connectivity index (χ0n) is 13.7. The van der Waals surface area contributed by atoms with Crippen molar-refractivity contribution in [1.82, 2.24) is 19.6 Å². The predicted octanol–water partition coefficient (Wildman–Crippen LogP) is 1.76. The van der Waals surface area contributed by atoms with Gasteiger partial charge in [0.15, 0.2) is 5.82 Å². The van der Waals surface area contributed by atoms with E-state index in [2.05, 4.69) is 15.3 Å². The summed E-state index contributed by atoms with van der Waals surface area (Å²) in [5, 5.41) is 3.16. The first kappa shape index (κ1) is 17.0. The highest BCUT2D eigenvalue weighted by Gasteiger charge is 2.29. The van der Waals surface area contributed by atoms with Crippen LogP contribution in [-0.2, 0) is 10.0 Å². The summed E-state index contributed by atoms with van der Waals surface area (Å²) in [6.45, 7) is 2.03. The molecule has 0 radical (unpaired) electrons. The number of hydrogen-bond acceptors (Lipinski definition) is 5. The summed E-state index contributed by atoms with van der Waals surface area (Å²) in [6, 6.07) is 9.52. The minimum atomic E-state index is -3.51. The van der Waals surface area contributed by atoms with E-state index in [0.717, 1.165) is 24.9 Å². The molecule has 0 spiro atoms. The number of benzene rings is 1. The molecule has 1 aliphatic heterocycles. The van der Waals surface area contributed by atoms with Gasteiger partial charge in [-0.05, 0) is 32.4 Å². The van der Waals surface area contributed by atoms with Gasteiger partial charge in [0.2, 0.25) is 10.0 Å². The molecular weight excluding hydrogens is 324 g/mol. The zero-order valence-corrected chi connectivity index (χ0v) is 14.5. The Morgan fingerprint density at radius 3 is 2.33 bits per heavy atom. The molecule has 24 heavy (non-hydrogen) atoms. The van der Waals surface area contributed by atoms with E-state index in [4.69, 9.17) is 0 Å². The largest absolute Gasteiger partial charge is 0.319 e. The minimum absolute atomic E-state index is 0.161. The van der Waals surface area contributed by atoms with Gasteiger partial charge in [0.1, 0.15) is 4.90 Å². The Labute approximate surface area is 143 Å². The number of nitrogens with zero attached hydrogens (tertiary/aromatic N) is 3. The number of hydrogen-bond donors (Lipinski definition) is 1. The number of aromatic nitrogens is 2. The standard InChI is InChI=1S/C17H22N4O2S/c1-18-11-14-7-9-21(10-8-14)24(22,23)16-12-19-17(20-13-16)15-5-3-2-4-6-15/h2-6,12-14,18H,7-11H2,1H3. The third kappa shape index (κ3) is 3.63. The molecule has 1 aromatic heterocycles. The van der Waals surface area contributed by atoms with E-state index in [1.807, 2.05) is 37.4 Å². The van der Waals surface area contributed by atoms with Gasteiger partial charge < -0.3 is 5.32 Å². The lowest BCUT2D eigenvalue weighted by Crippen LogP contribution is -2.40. The Kier molecular flexibility index (Phi) is 5.23. The molecule has 1 fully saturated rings. The van der Waals surface area contributed by atoms with Crippen molar-refractivity contribution in [3.63, 3.8) is 0 Å². The molecule has 1 saturated heterocycles. The van der Waals surface area contributed by atoms with Crippen LogP contribution in [0.25, 0.3) is 11.4 Å². The molecule has 6 nitrogen and oxygen atoms in total. The van der Waals surface area contributed by atoms with Crippen LogP contribution in [0.4, 0.5) is 0 Å². The summed E-state index contributed by atoms with van der Waals surface area (Å²) in [4.78, 5) is 8.62. The van der Waals surface area contributed by atoms with Crippen LogP contribution in [0.2, 0.25) is 0 Å². The Balaban J connectivity index is 1.74. The average molecular weight is 346 g/mol. The van der Waals surface area contributed by atoms with Gasteiger partial charge in [0.25, 0.3) is 0 Å². The quantitative estimate of drug-likeness (QED) is 0.893. The fourth-order valence-corrected chi connectivity index (χ4v) is 4.34. The summed E-state index contributed by atoms with van der Waals surface area (Å²) < 4.78 is 27.0. The lowest BCUT2D eigenvalue weighted by molar-refractivity contribution is 0.270. The molecule has 0 unspecified atom stereocenters. The van der Waals surface area contributed by atoms with Crippen LogP contribution in [0.1, 0.15) is 12.8 Å². The number of piperidine rings is 1. The zero-order chi connectivity index (χ0) is 17.0. The highest BCUT2D eigenvalue weighted by Crippen LogP contribution is 2.23. The van der Waals surface area contributed by atoms with Crippen LogP contribution >= 0.6 is 0 Å². The number of sulfonamides is 1. The lowest BCUT2D eigenvalue weighted by Gasteiger charge is -2.30. The monoisotopic (exact) mass is 346 g/mol. The van der Waals surface area contributed by atoms with Gasteiger partial charge in [-0.3, -0.25) is 0 Å². The summed E-state index contributed by atoms with van der Waals surface area (Å²) >= 11 is 0. The molecule has 0 amide bonds. The molecule has 128 valence electrons. The molecular formula is C17H22N4O2S. The molecule has 1 aliphatic rings. The van der Waals surface area contributed by atoms with E-state index in [-0.39, 0.29) is 4.90 Å². The first-order valence-corrected chi connectivity index (χ1v) is 9.57. The van der Waals surface area contributed by atoms with Crippen molar-refractivity contribution in [2.24, 2.45) is 5.92 Å². The molecule has 0 bridgehead atoms. The van der Waals surface area contributed by atoms with E-state index in [9.17, 15) is 8.42 Å². The van der Waals surface area contributed by atoms with Gasteiger partial charge in [-0.1, -0.05) is 30.3 Å².